The number of hydrogen-bond donors (Lipinski definition) is 1. The maximum Gasteiger partial charge on any atom is 0.337 e. The Labute approximate surface area is 99.0 Å². The molecule has 0 aliphatic carbocycles. The summed E-state index contributed by atoms with van der Waals surface area (Å²) in [6.45, 7) is 2.99. The Morgan fingerprint density at radius 1 is 1.59 bits per heavy atom. The number of aromatic carboxylic acids is 1. The minimum atomic E-state index is -0.992. The molecule has 1 unspecified atom stereocenters. The van der Waals surface area contributed by atoms with Crippen molar-refractivity contribution in [3.63, 3.8) is 0 Å². The third-order valence-electron chi connectivity index (χ3n) is 2.96. The molecule has 0 amide bonds. The molecule has 1 aromatic rings. The Kier molecular flexibility index (Phi) is 3.17. The van der Waals surface area contributed by atoms with Gasteiger partial charge >= 0.3 is 11.9 Å². The fourth-order valence-corrected chi connectivity index (χ4v) is 2.19. The van der Waals surface area contributed by atoms with E-state index >= 15 is 0 Å². The SMILES string of the molecule is CCCOC(=O)C1CCn2ccc(C(=O)O)c21. The number of hydrogen-bond acceptors (Lipinski definition) is 3. The molecule has 0 radical (unpaired) electrons. The van der Waals surface area contributed by atoms with Crippen LogP contribution in [0.25, 0.3) is 0 Å². The highest BCUT2D eigenvalue weighted by atomic mass is 16.5. The fourth-order valence-electron chi connectivity index (χ4n) is 2.19. The first kappa shape index (κ1) is 11.7. The van der Waals surface area contributed by atoms with E-state index in [1.807, 2.05) is 11.5 Å². The van der Waals surface area contributed by atoms with Crippen LogP contribution in [0.2, 0.25) is 0 Å². The van der Waals surface area contributed by atoms with Gasteiger partial charge in [0.15, 0.2) is 0 Å². The van der Waals surface area contributed by atoms with E-state index in [2.05, 4.69) is 0 Å². The molecule has 1 aliphatic rings. The van der Waals surface area contributed by atoms with Crippen molar-refractivity contribution in [1.29, 1.82) is 0 Å². The molecule has 0 spiro atoms. The lowest BCUT2D eigenvalue weighted by molar-refractivity contribution is -0.145. The van der Waals surface area contributed by atoms with E-state index in [-0.39, 0.29) is 11.5 Å². The Hall–Kier alpha value is -1.78. The quantitative estimate of drug-likeness (QED) is 0.808. The monoisotopic (exact) mass is 237 g/mol. The number of aromatic nitrogens is 1. The summed E-state index contributed by atoms with van der Waals surface area (Å²) in [5.41, 5.74) is 0.791. The number of nitrogens with zero attached hydrogens (tertiary/aromatic N) is 1. The summed E-state index contributed by atoms with van der Waals surface area (Å²) >= 11 is 0. The number of carboxylic acids is 1. The third kappa shape index (κ3) is 2.05. The topological polar surface area (TPSA) is 68.5 Å². The standard InChI is InChI=1S/C12H15NO4/c1-2-7-17-12(16)9-4-6-13-5-3-8(10(9)13)11(14)15/h3,5,9H,2,4,6-7H2,1H3,(H,14,15). The Morgan fingerprint density at radius 3 is 3.00 bits per heavy atom. The average Bonchev–Trinajstić information content (AvgIpc) is 2.85. The van der Waals surface area contributed by atoms with Crippen molar-refractivity contribution in [2.75, 3.05) is 6.61 Å². The highest BCUT2D eigenvalue weighted by Gasteiger charge is 2.34. The first-order valence-electron chi connectivity index (χ1n) is 5.74. The van der Waals surface area contributed by atoms with Gasteiger partial charge in [0.1, 0.15) is 0 Å². The minimum Gasteiger partial charge on any atom is -0.478 e. The van der Waals surface area contributed by atoms with Crippen molar-refractivity contribution in [1.82, 2.24) is 4.57 Å². The molecule has 2 heterocycles. The van der Waals surface area contributed by atoms with Gasteiger partial charge in [0.2, 0.25) is 0 Å². The van der Waals surface area contributed by atoms with Crippen molar-refractivity contribution in [2.24, 2.45) is 0 Å². The van der Waals surface area contributed by atoms with E-state index in [1.165, 1.54) is 6.07 Å². The zero-order valence-electron chi connectivity index (χ0n) is 9.68. The van der Waals surface area contributed by atoms with E-state index < -0.39 is 11.9 Å². The zero-order valence-corrected chi connectivity index (χ0v) is 9.68. The van der Waals surface area contributed by atoms with Crippen LogP contribution in [-0.4, -0.2) is 28.2 Å². The molecule has 0 saturated carbocycles. The normalized spacial score (nSPS) is 17.8. The Balaban J connectivity index is 2.23. The molecule has 1 atom stereocenters. The number of esters is 1. The number of carbonyl (C=O) groups excluding carboxylic acids is 1. The summed E-state index contributed by atoms with van der Waals surface area (Å²) in [7, 11) is 0. The van der Waals surface area contributed by atoms with Gasteiger partial charge in [-0.15, -0.1) is 0 Å². The highest BCUT2D eigenvalue weighted by Crippen LogP contribution is 2.32. The molecule has 1 aliphatic heterocycles. The fraction of sp³-hybridized carbons (Fsp3) is 0.500. The van der Waals surface area contributed by atoms with Gasteiger partial charge in [-0.1, -0.05) is 6.92 Å². The molecular formula is C12H15NO4. The predicted octanol–water partition coefficient (Wildman–Crippen LogP) is 1.63. The maximum atomic E-state index is 11.8. The van der Waals surface area contributed by atoms with Gasteiger partial charge < -0.3 is 14.4 Å². The molecule has 0 bridgehead atoms. The van der Waals surface area contributed by atoms with E-state index in [1.54, 1.807) is 6.20 Å². The van der Waals surface area contributed by atoms with Crippen LogP contribution < -0.4 is 0 Å². The van der Waals surface area contributed by atoms with Crippen LogP contribution in [0.1, 0.15) is 41.7 Å². The highest BCUT2D eigenvalue weighted by molar-refractivity contribution is 5.92. The van der Waals surface area contributed by atoms with Crippen LogP contribution in [0.15, 0.2) is 12.3 Å². The number of aryl methyl sites for hydroxylation is 1. The van der Waals surface area contributed by atoms with Gasteiger partial charge in [-0.2, -0.15) is 0 Å². The van der Waals surface area contributed by atoms with Crippen LogP contribution in [0.3, 0.4) is 0 Å². The number of rotatable bonds is 4. The molecule has 0 aromatic carbocycles. The number of carboxylic acid groups (broad SMARTS) is 1. The second kappa shape index (κ2) is 4.61. The van der Waals surface area contributed by atoms with Crippen molar-refractivity contribution in [3.8, 4) is 0 Å². The van der Waals surface area contributed by atoms with Crippen molar-refractivity contribution >= 4 is 11.9 Å². The minimum absolute atomic E-state index is 0.209. The van der Waals surface area contributed by atoms with E-state index in [0.717, 1.165) is 6.42 Å². The van der Waals surface area contributed by atoms with Crippen LogP contribution in [0, 0.1) is 0 Å². The van der Waals surface area contributed by atoms with E-state index in [9.17, 15) is 9.59 Å². The average molecular weight is 237 g/mol. The molecular weight excluding hydrogens is 222 g/mol. The third-order valence-corrected chi connectivity index (χ3v) is 2.96. The van der Waals surface area contributed by atoms with Crippen molar-refractivity contribution < 1.29 is 19.4 Å². The van der Waals surface area contributed by atoms with Crippen LogP contribution in [0.5, 0.6) is 0 Å². The van der Waals surface area contributed by atoms with E-state index in [0.29, 0.717) is 25.3 Å². The molecule has 5 nitrogen and oxygen atoms in total. The van der Waals surface area contributed by atoms with Gasteiger partial charge in [0.05, 0.1) is 18.1 Å². The van der Waals surface area contributed by atoms with Gasteiger partial charge in [0, 0.05) is 18.4 Å². The maximum absolute atomic E-state index is 11.8. The second-order valence-electron chi connectivity index (χ2n) is 4.12. The molecule has 0 saturated heterocycles. The van der Waals surface area contributed by atoms with Crippen LogP contribution in [0.4, 0.5) is 0 Å². The van der Waals surface area contributed by atoms with Gasteiger partial charge in [0.25, 0.3) is 0 Å². The summed E-state index contributed by atoms with van der Waals surface area (Å²) in [5.74, 6) is -1.73. The Bertz CT molecular complexity index is 449. The first-order valence-corrected chi connectivity index (χ1v) is 5.74. The number of carbonyl (C=O) groups is 2. The summed E-state index contributed by atoms with van der Waals surface area (Å²) < 4.78 is 6.91. The summed E-state index contributed by atoms with van der Waals surface area (Å²) in [6, 6.07) is 1.54. The molecule has 0 fully saturated rings. The van der Waals surface area contributed by atoms with Crippen molar-refractivity contribution in [2.45, 2.75) is 32.2 Å². The Morgan fingerprint density at radius 2 is 2.35 bits per heavy atom. The van der Waals surface area contributed by atoms with Crippen molar-refractivity contribution in [3.05, 3.63) is 23.5 Å². The zero-order chi connectivity index (χ0) is 12.4. The molecule has 1 aromatic heterocycles. The summed E-state index contributed by atoms with van der Waals surface area (Å²) in [6.07, 6.45) is 3.11. The molecule has 92 valence electrons. The van der Waals surface area contributed by atoms with Gasteiger partial charge in [-0.05, 0) is 18.9 Å². The lowest BCUT2D eigenvalue weighted by Gasteiger charge is -2.10. The summed E-state index contributed by atoms with van der Waals surface area (Å²) in [4.78, 5) is 22.8. The number of fused-ring (bicyclic) bond motifs is 1. The summed E-state index contributed by atoms with van der Waals surface area (Å²) in [5, 5.41) is 9.05. The first-order chi connectivity index (χ1) is 8.15. The second-order valence-corrected chi connectivity index (χ2v) is 4.12. The number of ether oxygens (including phenoxy) is 1. The largest absolute Gasteiger partial charge is 0.478 e. The smallest absolute Gasteiger partial charge is 0.337 e. The van der Waals surface area contributed by atoms with Gasteiger partial charge in [-0.25, -0.2) is 4.79 Å². The molecule has 1 N–H and O–H groups in total. The lowest BCUT2D eigenvalue weighted by atomic mass is 10.0. The molecule has 2 rings (SSSR count). The molecule has 5 heteroatoms. The van der Waals surface area contributed by atoms with Crippen LogP contribution >= 0.6 is 0 Å². The van der Waals surface area contributed by atoms with Gasteiger partial charge in [-0.3, -0.25) is 4.79 Å². The lowest BCUT2D eigenvalue weighted by Crippen LogP contribution is -2.16. The van der Waals surface area contributed by atoms with Crippen LogP contribution in [-0.2, 0) is 16.1 Å². The van der Waals surface area contributed by atoms with E-state index in [4.69, 9.17) is 9.84 Å². The predicted molar refractivity (Wildman–Crippen MR) is 60.0 cm³/mol. The molecule has 17 heavy (non-hydrogen) atoms.